The van der Waals surface area contributed by atoms with Crippen molar-refractivity contribution < 1.29 is 14.7 Å². The molecule has 4 rings (SSSR count). The number of phenolic OH excluding ortho intramolecular Hbond substituents is 1. The molecule has 0 bridgehead atoms. The van der Waals surface area contributed by atoms with E-state index in [1.807, 2.05) is 6.07 Å². The van der Waals surface area contributed by atoms with Crippen LogP contribution in [0.25, 0.3) is 6.08 Å². The van der Waals surface area contributed by atoms with Crippen LogP contribution in [0.15, 0.2) is 47.4 Å². The molecule has 2 N–H and O–H groups in total. The standard InChI is InChI=1S/C21H19N3O3S2/c1-23-10-2-3-15-11-13(4-9-17(15)23)12-18-20(27)24(21(28)29-18)22-19(26)14-5-7-16(25)8-6-14/h4-9,11-12,25H,2-3,10H2,1H3,(H,22,26). The third-order valence-corrected chi connectivity index (χ3v) is 6.19. The molecular formula is C21H19N3O3S2. The Balaban J connectivity index is 1.52. The highest BCUT2D eigenvalue weighted by Crippen LogP contribution is 2.33. The topological polar surface area (TPSA) is 72.9 Å². The lowest BCUT2D eigenvalue weighted by atomic mass is 9.99. The Morgan fingerprint density at radius 1 is 1.24 bits per heavy atom. The van der Waals surface area contributed by atoms with E-state index in [2.05, 4.69) is 29.5 Å². The Morgan fingerprint density at radius 2 is 2.00 bits per heavy atom. The summed E-state index contributed by atoms with van der Waals surface area (Å²) in [7, 11) is 2.08. The number of hydrazine groups is 1. The molecule has 148 valence electrons. The summed E-state index contributed by atoms with van der Waals surface area (Å²) in [5, 5.41) is 10.4. The number of fused-ring (bicyclic) bond motifs is 1. The summed E-state index contributed by atoms with van der Waals surface area (Å²) in [5.74, 6) is -0.771. The minimum Gasteiger partial charge on any atom is -0.508 e. The number of anilines is 1. The van der Waals surface area contributed by atoms with Gasteiger partial charge in [0.05, 0.1) is 4.91 Å². The third-order valence-electron chi connectivity index (χ3n) is 4.89. The SMILES string of the molecule is CN1CCCc2cc(C=C3SC(=S)N(NC(=O)c4ccc(O)cc4)C3=O)ccc21. The van der Waals surface area contributed by atoms with Crippen molar-refractivity contribution in [2.24, 2.45) is 0 Å². The summed E-state index contributed by atoms with van der Waals surface area (Å²) in [6.07, 6.45) is 3.93. The molecule has 2 aliphatic rings. The summed E-state index contributed by atoms with van der Waals surface area (Å²) in [6.45, 7) is 1.05. The van der Waals surface area contributed by atoms with Crippen LogP contribution >= 0.6 is 24.0 Å². The number of thiocarbonyl (C=S) groups is 1. The molecule has 0 unspecified atom stereocenters. The molecule has 2 heterocycles. The molecule has 29 heavy (non-hydrogen) atoms. The second-order valence-corrected chi connectivity index (χ2v) is 8.59. The number of rotatable bonds is 3. The molecule has 0 spiro atoms. The first-order valence-electron chi connectivity index (χ1n) is 9.14. The number of aryl methyl sites for hydroxylation is 1. The summed E-state index contributed by atoms with van der Waals surface area (Å²) in [5.41, 5.74) is 6.28. The largest absolute Gasteiger partial charge is 0.508 e. The van der Waals surface area contributed by atoms with Gasteiger partial charge in [0.15, 0.2) is 4.32 Å². The summed E-state index contributed by atoms with van der Waals surface area (Å²) in [6, 6.07) is 11.9. The monoisotopic (exact) mass is 425 g/mol. The van der Waals surface area contributed by atoms with Gasteiger partial charge in [0.25, 0.3) is 11.8 Å². The van der Waals surface area contributed by atoms with Crippen molar-refractivity contribution in [1.82, 2.24) is 10.4 Å². The molecule has 6 nitrogen and oxygen atoms in total. The fourth-order valence-corrected chi connectivity index (χ4v) is 4.57. The van der Waals surface area contributed by atoms with Crippen molar-refractivity contribution in [1.29, 1.82) is 0 Å². The first kappa shape index (κ1) is 19.5. The van der Waals surface area contributed by atoms with Gasteiger partial charge < -0.3 is 10.0 Å². The summed E-state index contributed by atoms with van der Waals surface area (Å²) in [4.78, 5) is 27.8. The van der Waals surface area contributed by atoms with E-state index in [4.69, 9.17) is 12.2 Å². The number of thioether (sulfide) groups is 1. The molecule has 0 saturated carbocycles. The maximum absolute atomic E-state index is 12.8. The molecule has 8 heteroatoms. The van der Waals surface area contributed by atoms with E-state index >= 15 is 0 Å². The zero-order chi connectivity index (χ0) is 20.5. The average molecular weight is 426 g/mol. The number of hydrogen-bond donors (Lipinski definition) is 2. The van der Waals surface area contributed by atoms with Crippen molar-refractivity contribution in [2.45, 2.75) is 12.8 Å². The van der Waals surface area contributed by atoms with E-state index in [0.717, 1.165) is 41.7 Å². The van der Waals surface area contributed by atoms with Gasteiger partial charge in [-0.15, -0.1) is 0 Å². The van der Waals surface area contributed by atoms with Crippen molar-refractivity contribution >= 4 is 51.9 Å². The van der Waals surface area contributed by atoms with Crippen molar-refractivity contribution in [2.75, 3.05) is 18.5 Å². The van der Waals surface area contributed by atoms with E-state index in [9.17, 15) is 14.7 Å². The molecular weight excluding hydrogens is 406 g/mol. The zero-order valence-corrected chi connectivity index (χ0v) is 17.3. The van der Waals surface area contributed by atoms with E-state index in [-0.39, 0.29) is 16.0 Å². The van der Waals surface area contributed by atoms with E-state index in [0.29, 0.717) is 10.5 Å². The number of amides is 2. The highest BCUT2D eigenvalue weighted by atomic mass is 32.2. The highest BCUT2D eigenvalue weighted by Gasteiger charge is 2.33. The number of benzene rings is 2. The molecule has 2 amide bonds. The second kappa shape index (κ2) is 7.88. The maximum Gasteiger partial charge on any atom is 0.285 e. The van der Waals surface area contributed by atoms with Crippen molar-refractivity contribution in [3.63, 3.8) is 0 Å². The molecule has 0 aromatic heterocycles. The molecule has 2 aromatic rings. The lowest BCUT2D eigenvalue weighted by molar-refractivity contribution is -0.123. The number of aromatic hydroxyl groups is 1. The van der Waals surface area contributed by atoms with Crippen LogP contribution in [-0.2, 0) is 11.2 Å². The predicted molar refractivity (Wildman–Crippen MR) is 119 cm³/mol. The van der Waals surface area contributed by atoms with Gasteiger partial charge in [-0.2, -0.15) is 5.01 Å². The molecule has 2 aliphatic heterocycles. The number of nitrogens with zero attached hydrogens (tertiary/aromatic N) is 2. The molecule has 1 saturated heterocycles. The fourth-order valence-electron chi connectivity index (χ4n) is 3.39. The van der Waals surface area contributed by atoms with Crippen LogP contribution in [0.1, 0.15) is 27.9 Å². The molecule has 0 radical (unpaired) electrons. The van der Waals surface area contributed by atoms with Gasteiger partial charge in [-0.25, -0.2) is 0 Å². The van der Waals surface area contributed by atoms with Crippen LogP contribution in [0.3, 0.4) is 0 Å². The van der Waals surface area contributed by atoms with Crippen LogP contribution in [0, 0.1) is 0 Å². The molecule has 0 atom stereocenters. The van der Waals surface area contributed by atoms with Crippen LogP contribution in [0.2, 0.25) is 0 Å². The average Bonchev–Trinajstić information content (AvgIpc) is 2.96. The van der Waals surface area contributed by atoms with E-state index in [1.54, 1.807) is 6.08 Å². The Hall–Kier alpha value is -2.84. The predicted octanol–water partition coefficient (Wildman–Crippen LogP) is 3.32. The Bertz CT molecular complexity index is 1030. The lowest BCUT2D eigenvalue weighted by Crippen LogP contribution is -2.44. The van der Waals surface area contributed by atoms with Gasteiger partial charge in [0, 0.05) is 24.8 Å². The van der Waals surface area contributed by atoms with E-state index in [1.165, 1.54) is 35.5 Å². The quantitative estimate of drug-likeness (QED) is 0.581. The normalized spacial score (nSPS) is 17.6. The Labute approximate surface area is 178 Å². The first-order valence-corrected chi connectivity index (χ1v) is 10.4. The van der Waals surface area contributed by atoms with Crippen molar-refractivity contribution in [3.05, 3.63) is 64.1 Å². The molecule has 2 aromatic carbocycles. The Morgan fingerprint density at radius 3 is 2.76 bits per heavy atom. The van der Waals surface area contributed by atoms with Gasteiger partial charge in [-0.3, -0.25) is 15.0 Å². The zero-order valence-electron chi connectivity index (χ0n) is 15.7. The highest BCUT2D eigenvalue weighted by molar-refractivity contribution is 8.26. The second-order valence-electron chi connectivity index (χ2n) is 6.92. The fraction of sp³-hybridized carbons (Fsp3) is 0.190. The van der Waals surface area contributed by atoms with Gasteiger partial charge in [-0.05, 0) is 78.7 Å². The number of nitrogens with one attached hydrogen (secondary N) is 1. The summed E-state index contributed by atoms with van der Waals surface area (Å²) >= 11 is 6.44. The lowest BCUT2D eigenvalue weighted by Gasteiger charge is -2.27. The Kier molecular flexibility index (Phi) is 5.29. The van der Waals surface area contributed by atoms with Gasteiger partial charge in [0.2, 0.25) is 0 Å². The third kappa shape index (κ3) is 3.99. The van der Waals surface area contributed by atoms with Gasteiger partial charge in [-0.1, -0.05) is 17.8 Å². The van der Waals surface area contributed by atoms with Crippen molar-refractivity contribution in [3.8, 4) is 5.75 Å². The van der Waals surface area contributed by atoms with E-state index < -0.39 is 5.91 Å². The van der Waals surface area contributed by atoms with Crippen LogP contribution in [-0.4, -0.2) is 39.8 Å². The minimum absolute atomic E-state index is 0.0614. The van der Waals surface area contributed by atoms with Crippen LogP contribution in [0.4, 0.5) is 5.69 Å². The molecule has 0 aliphatic carbocycles. The smallest absolute Gasteiger partial charge is 0.285 e. The van der Waals surface area contributed by atoms with Gasteiger partial charge in [0.1, 0.15) is 5.75 Å². The van der Waals surface area contributed by atoms with Gasteiger partial charge >= 0.3 is 0 Å². The number of hydrogen-bond acceptors (Lipinski definition) is 6. The van der Waals surface area contributed by atoms with Crippen LogP contribution in [0.5, 0.6) is 5.75 Å². The van der Waals surface area contributed by atoms with Crippen LogP contribution < -0.4 is 10.3 Å². The summed E-state index contributed by atoms with van der Waals surface area (Å²) < 4.78 is 0.270. The maximum atomic E-state index is 12.8. The number of carbonyl (C=O) groups is 2. The first-order chi connectivity index (χ1) is 13.9. The molecule has 1 fully saturated rings. The number of carbonyl (C=O) groups excluding carboxylic acids is 2. The minimum atomic E-state index is -0.473. The number of phenols is 1.